The Balaban J connectivity index is 1.75. The number of carbonyl (C=O) groups excluding carboxylic acids is 1. The number of nitrogens with one attached hydrogen (secondary N) is 1. The van der Waals surface area contributed by atoms with E-state index in [9.17, 15) is 15.0 Å². The molecule has 0 heterocycles. The van der Waals surface area contributed by atoms with Gasteiger partial charge < -0.3 is 15.5 Å². The summed E-state index contributed by atoms with van der Waals surface area (Å²) in [5.41, 5.74) is 2.54. The van der Waals surface area contributed by atoms with Gasteiger partial charge in [-0.3, -0.25) is 4.79 Å². The Morgan fingerprint density at radius 3 is 2.55 bits per heavy atom. The van der Waals surface area contributed by atoms with Crippen LogP contribution in [0.3, 0.4) is 0 Å². The van der Waals surface area contributed by atoms with Crippen molar-refractivity contribution in [1.29, 1.82) is 0 Å². The van der Waals surface area contributed by atoms with E-state index >= 15 is 0 Å². The zero-order valence-corrected chi connectivity index (χ0v) is 11.9. The molecule has 4 nitrogen and oxygen atoms in total. The van der Waals surface area contributed by atoms with Gasteiger partial charge in [-0.2, -0.15) is 0 Å². The number of rotatable bonds is 3. The highest BCUT2D eigenvalue weighted by atomic mass is 16.3. The zero-order chi connectivity index (χ0) is 15.5. The van der Waals surface area contributed by atoms with Crippen molar-refractivity contribution in [3.63, 3.8) is 0 Å². The van der Waals surface area contributed by atoms with Crippen LogP contribution < -0.4 is 5.32 Å². The van der Waals surface area contributed by atoms with Gasteiger partial charge in [0.05, 0.1) is 12.1 Å². The maximum atomic E-state index is 12.1. The van der Waals surface area contributed by atoms with Crippen LogP contribution in [-0.2, 0) is 11.2 Å². The Morgan fingerprint density at radius 1 is 1.09 bits per heavy atom. The summed E-state index contributed by atoms with van der Waals surface area (Å²) in [6.45, 7) is 0. The number of benzene rings is 2. The van der Waals surface area contributed by atoms with Crippen LogP contribution in [0.25, 0.3) is 5.76 Å². The molecule has 0 fully saturated rings. The van der Waals surface area contributed by atoms with Gasteiger partial charge in [-0.15, -0.1) is 0 Å². The fraction of sp³-hybridized carbons (Fsp3) is 0.167. The lowest BCUT2D eigenvalue weighted by molar-refractivity contribution is -0.118. The van der Waals surface area contributed by atoms with E-state index in [-0.39, 0.29) is 5.76 Å². The molecular weight excluding hydrogens is 278 g/mol. The molecule has 4 heteroatoms. The Labute approximate surface area is 128 Å². The fourth-order valence-electron chi connectivity index (χ4n) is 2.76. The summed E-state index contributed by atoms with van der Waals surface area (Å²) in [6, 6.07) is 16.1. The van der Waals surface area contributed by atoms with Crippen molar-refractivity contribution in [3.8, 4) is 0 Å². The first kappa shape index (κ1) is 14.4. The van der Waals surface area contributed by atoms with Crippen LogP contribution in [0.5, 0.6) is 0 Å². The summed E-state index contributed by atoms with van der Waals surface area (Å²) >= 11 is 0. The molecule has 0 saturated carbocycles. The van der Waals surface area contributed by atoms with E-state index in [4.69, 9.17) is 0 Å². The van der Waals surface area contributed by atoms with Gasteiger partial charge in [-0.05, 0) is 11.1 Å². The van der Waals surface area contributed by atoms with E-state index in [1.54, 1.807) is 24.3 Å². The third-order valence-corrected chi connectivity index (χ3v) is 3.84. The molecule has 2 aromatic carbocycles. The molecule has 0 unspecified atom stereocenters. The van der Waals surface area contributed by atoms with Gasteiger partial charge >= 0.3 is 0 Å². The van der Waals surface area contributed by atoms with Gasteiger partial charge in [0.2, 0.25) is 5.91 Å². The first-order chi connectivity index (χ1) is 10.6. The second-order valence-electron chi connectivity index (χ2n) is 5.35. The largest absolute Gasteiger partial charge is 0.507 e. The Kier molecular flexibility index (Phi) is 3.94. The average molecular weight is 295 g/mol. The molecular formula is C18H17NO3. The average Bonchev–Trinajstić information content (AvgIpc) is 2.84. The summed E-state index contributed by atoms with van der Waals surface area (Å²) in [5, 5.41) is 22.8. The fourth-order valence-corrected chi connectivity index (χ4v) is 2.76. The lowest BCUT2D eigenvalue weighted by Gasteiger charge is -2.16. The van der Waals surface area contributed by atoms with Crippen molar-refractivity contribution < 1.29 is 15.0 Å². The van der Waals surface area contributed by atoms with Crippen molar-refractivity contribution >= 4 is 11.7 Å². The minimum absolute atomic E-state index is 0.0983. The Morgan fingerprint density at radius 2 is 1.77 bits per heavy atom. The van der Waals surface area contributed by atoms with Crippen LogP contribution in [0.1, 0.15) is 22.7 Å². The molecule has 2 atom stereocenters. The lowest BCUT2D eigenvalue weighted by Crippen LogP contribution is -2.32. The van der Waals surface area contributed by atoms with Gasteiger partial charge in [0, 0.05) is 18.1 Å². The second-order valence-corrected chi connectivity index (χ2v) is 5.35. The van der Waals surface area contributed by atoms with E-state index in [1.165, 1.54) is 0 Å². The first-order valence-electron chi connectivity index (χ1n) is 7.17. The topological polar surface area (TPSA) is 69.6 Å². The molecule has 2 aromatic rings. The van der Waals surface area contributed by atoms with Crippen molar-refractivity contribution in [2.75, 3.05) is 0 Å². The van der Waals surface area contributed by atoms with Crippen molar-refractivity contribution in [1.82, 2.24) is 5.32 Å². The summed E-state index contributed by atoms with van der Waals surface area (Å²) in [6.07, 6.45) is 1.02. The van der Waals surface area contributed by atoms with E-state index in [1.807, 2.05) is 30.3 Å². The normalized spacial score (nSPS) is 20.5. The van der Waals surface area contributed by atoms with Crippen LogP contribution in [0.15, 0.2) is 60.7 Å². The molecule has 0 saturated heterocycles. The number of aliphatic hydroxyl groups excluding tert-OH is 2. The molecule has 1 amide bonds. The third-order valence-electron chi connectivity index (χ3n) is 3.84. The Bertz CT molecular complexity index is 709. The molecule has 3 N–H and O–H groups in total. The summed E-state index contributed by atoms with van der Waals surface area (Å²) < 4.78 is 0. The number of amides is 1. The van der Waals surface area contributed by atoms with E-state index in [2.05, 4.69) is 5.32 Å². The van der Waals surface area contributed by atoms with Crippen LogP contribution in [0, 0.1) is 0 Å². The van der Waals surface area contributed by atoms with Gasteiger partial charge in [0.25, 0.3) is 0 Å². The highest BCUT2D eigenvalue weighted by Gasteiger charge is 2.31. The summed E-state index contributed by atoms with van der Waals surface area (Å²) in [7, 11) is 0. The van der Waals surface area contributed by atoms with Crippen LogP contribution in [0.4, 0.5) is 0 Å². The monoisotopic (exact) mass is 295 g/mol. The lowest BCUT2D eigenvalue weighted by atomic mass is 10.1. The Hall–Kier alpha value is -2.59. The van der Waals surface area contributed by atoms with Gasteiger partial charge in [0.1, 0.15) is 5.76 Å². The minimum atomic E-state index is -0.645. The number of fused-ring (bicyclic) bond motifs is 1. The molecule has 112 valence electrons. The molecule has 0 aromatic heterocycles. The summed E-state index contributed by atoms with van der Waals surface area (Å²) in [5.74, 6) is -0.527. The second kappa shape index (κ2) is 6.03. The maximum absolute atomic E-state index is 12.1. The van der Waals surface area contributed by atoms with Crippen LogP contribution in [-0.4, -0.2) is 22.2 Å². The minimum Gasteiger partial charge on any atom is -0.507 e. The molecule has 0 radical (unpaired) electrons. The van der Waals surface area contributed by atoms with Crippen molar-refractivity contribution in [2.24, 2.45) is 0 Å². The molecule has 1 aliphatic rings. The quantitative estimate of drug-likeness (QED) is 0.601. The number of hydrogen-bond acceptors (Lipinski definition) is 3. The number of hydrogen-bond donors (Lipinski definition) is 3. The number of carbonyl (C=O) groups is 1. The van der Waals surface area contributed by atoms with Crippen molar-refractivity contribution in [3.05, 3.63) is 77.4 Å². The van der Waals surface area contributed by atoms with Crippen LogP contribution in [0.2, 0.25) is 0 Å². The molecule has 0 bridgehead atoms. The molecule has 3 rings (SSSR count). The molecule has 1 aliphatic carbocycles. The highest BCUT2D eigenvalue weighted by molar-refractivity contribution is 5.94. The SMILES string of the molecule is O=C(/C=C(\O)c1ccccc1)N[C@H]1c2ccccc2C[C@H]1O. The van der Waals surface area contributed by atoms with Gasteiger partial charge in [-0.25, -0.2) is 0 Å². The molecule has 0 spiro atoms. The predicted molar refractivity (Wildman–Crippen MR) is 84.1 cm³/mol. The zero-order valence-electron chi connectivity index (χ0n) is 11.9. The highest BCUT2D eigenvalue weighted by Crippen LogP contribution is 2.31. The first-order valence-corrected chi connectivity index (χ1v) is 7.17. The van der Waals surface area contributed by atoms with E-state index < -0.39 is 18.1 Å². The van der Waals surface area contributed by atoms with Crippen LogP contribution >= 0.6 is 0 Å². The maximum Gasteiger partial charge on any atom is 0.248 e. The molecule has 0 aliphatic heterocycles. The van der Waals surface area contributed by atoms with Crippen molar-refractivity contribution in [2.45, 2.75) is 18.6 Å². The summed E-state index contributed by atoms with van der Waals surface area (Å²) in [4.78, 5) is 12.1. The standard InChI is InChI=1S/C18H17NO3/c20-15(12-6-2-1-3-7-12)11-17(22)19-18-14-9-5-4-8-13(14)10-16(18)21/h1-9,11,16,18,20-21H,10H2,(H,19,22)/b15-11-/t16-,18+/m1/s1. The molecule has 22 heavy (non-hydrogen) atoms. The van der Waals surface area contributed by atoms with E-state index in [0.717, 1.165) is 17.2 Å². The van der Waals surface area contributed by atoms with E-state index in [0.29, 0.717) is 12.0 Å². The van der Waals surface area contributed by atoms with Gasteiger partial charge in [-0.1, -0.05) is 54.6 Å². The predicted octanol–water partition coefficient (Wildman–Crippen LogP) is 2.36. The smallest absolute Gasteiger partial charge is 0.248 e. The number of aliphatic hydroxyl groups is 2. The van der Waals surface area contributed by atoms with Gasteiger partial charge in [0.15, 0.2) is 0 Å². The third kappa shape index (κ3) is 2.87.